The number of unbranched alkanes of at least 4 members (excludes halogenated alkanes) is 1. The average molecular weight is 864 g/mol. The average Bonchev–Trinajstić information content (AvgIpc) is 3.65. The number of rotatable bonds is 24. The number of amides is 6. The number of carboxylic acid groups (broad SMARTS) is 2. The van der Waals surface area contributed by atoms with Crippen molar-refractivity contribution in [2.24, 2.45) is 33.3 Å². The molecular formula is C39H57N7O15. The van der Waals surface area contributed by atoms with Gasteiger partial charge in [-0.25, -0.2) is 19.2 Å². The van der Waals surface area contributed by atoms with E-state index in [0.717, 1.165) is 11.8 Å². The van der Waals surface area contributed by atoms with Gasteiger partial charge in [-0.2, -0.15) is 9.98 Å². The van der Waals surface area contributed by atoms with E-state index in [1.165, 1.54) is 0 Å². The molecule has 3 rings (SSSR count). The number of aliphatic imine (C=N–C) groups is 2. The quantitative estimate of drug-likeness (QED) is 0.0607. The number of primary amides is 1. The minimum absolute atomic E-state index is 0.180. The summed E-state index contributed by atoms with van der Waals surface area (Å²) >= 11 is 0. The number of methoxy groups -OCH3 is 1. The van der Waals surface area contributed by atoms with E-state index >= 15 is 0 Å². The van der Waals surface area contributed by atoms with Crippen molar-refractivity contribution in [2.75, 3.05) is 7.11 Å². The monoisotopic (exact) mass is 863 g/mol. The van der Waals surface area contributed by atoms with Crippen LogP contribution in [0.2, 0.25) is 0 Å². The van der Waals surface area contributed by atoms with E-state index in [2.05, 4.69) is 25.9 Å². The van der Waals surface area contributed by atoms with E-state index < -0.39 is 114 Å². The molecule has 2 aliphatic rings. The first-order valence-electron chi connectivity index (χ1n) is 19.9. The second-order valence-electron chi connectivity index (χ2n) is 15.0. The van der Waals surface area contributed by atoms with Crippen LogP contribution >= 0.6 is 0 Å². The van der Waals surface area contributed by atoms with Gasteiger partial charge in [0.2, 0.25) is 17.7 Å². The molecule has 11 N–H and O–H groups in total. The SMILES string of the molecule is CC[C@@H](C)[C@@H](NC(=O)[C@@H](NC(=O)CCCC[C@H](N)Cc1ccc(OC)cc1)[C@H](O[C@H]1O[C@H](C(=O)O)[C@H](O)[C@@H](OC(N)=O)[C@@H]1O)C1=NC(=O)N=C1)C(=O)N[C@H](C(=O)O)[C@@H](C)CC. The number of benzene rings is 1. The number of urea groups is 1. The molecule has 0 radical (unpaired) electrons. The number of nitrogens with zero attached hydrogens (tertiary/aromatic N) is 2. The Morgan fingerprint density at radius 2 is 1.49 bits per heavy atom. The highest BCUT2D eigenvalue weighted by Gasteiger charge is 2.52. The maximum atomic E-state index is 14.5. The molecule has 0 saturated carbocycles. The minimum atomic E-state index is -2.21. The minimum Gasteiger partial charge on any atom is -0.497 e. The van der Waals surface area contributed by atoms with Crippen LogP contribution in [0.4, 0.5) is 9.59 Å². The molecule has 1 aromatic rings. The molecule has 2 heterocycles. The van der Waals surface area contributed by atoms with Crippen LogP contribution in [0.25, 0.3) is 0 Å². The Kier molecular flexibility index (Phi) is 19.1. The summed E-state index contributed by atoms with van der Waals surface area (Å²) in [5.41, 5.74) is 12.0. The standard InChI is InChI=1S/C39H57N7O15/c1-6-18(3)25(33(50)46-26(35(52)53)19(4)7-2)45-34(51)27(44-24(47)11-9-8-10-21(40)16-20-12-14-22(58-5)15-13-20)30(23-17-42-39(57)43-23)59-37-29(49)31(61-38(41)56)28(48)32(60-37)36(54)55/h12-15,17-19,21,25-32,37,48-49H,6-11,16,40H2,1-5H3,(H2,41,56)(H,44,47)(H,45,51)(H,46,50)(H,52,53)(H,54,55)/t18-,19+,21+,25-,26+,27+,28-,29+,30-,31-,32+,37+/m1/s1. The third-order valence-electron chi connectivity index (χ3n) is 10.5. The summed E-state index contributed by atoms with van der Waals surface area (Å²) in [5, 5.41) is 48.9. The van der Waals surface area contributed by atoms with Crippen molar-refractivity contribution in [1.82, 2.24) is 16.0 Å². The zero-order valence-corrected chi connectivity index (χ0v) is 34.6. The highest BCUT2D eigenvalue weighted by atomic mass is 16.7. The zero-order valence-electron chi connectivity index (χ0n) is 34.6. The summed E-state index contributed by atoms with van der Waals surface area (Å²) in [4.78, 5) is 97.2. The molecular weight excluding hydrogens is 806 g/mol. The van der Waals surface area contributed by atoms with Crippen molar-refractivity contribution in [3.05, 3.63) is 29.8 Å². The maximum Gasteiger partial charge on any atom is 0.404 e. The van der Waals surface area contributed by atoms with Gasteiger partial charge in [-0.15, -0.1) is 0 Å². The van der Waals surface area contributed by atoms with Crippen molar-refractivity contribution in [3.63, 3.8) is 0 Å². The van der Waals surface area contributed by atoms with Crippen molar-refractivity contribution in [1.29, 1.82) is 0 Å². The molecule has 0 spiro atoms. The van der Waals surface area contributed by atoms with Crippen molar-refractivity contribution in [3.8, 4) is 5.75 Å². The number of aliphatic hydroxyl groups excluding tert-OH is 2. The highest BCUT2D eigenvalue weighted by molar-refractivity contribution is 6.39. The number of nitrogens with one attached hydrogen (secondary N) is 3. The second kappa shape index (κ2) is 23.4. The van der Waals surface area contributed by atoms with E-state index in [9.17, 15) is 54.0 Å². The number of aliphatic carboxylic acids is 2. The Morgan fingerprint density at radius 3 is 2.03 bits per heavy atom. The number of aliphatic hydroxyl groups is 2. The van der Waals surface area contributed by atoms with Crippen LogP contribution in [0, 0.1) is 11.8 Å². The predicted octanol–water partition coefficient (Wildman–Crippen LogP) is -0.218. The summed E-state index contributed by atoms with van der Waals surface area (Å²) in [6.45, 7) is 6.68. The first kappa shape index (κ1) is 49.8. The molecule has 0 bridgehead atoms. The van der Waals surface area contributed by atoms with Crippen LogP contribution in [0.3, 0.4) is 0 Å². The van der Waals surface area contributed by atoms with Gasteiger partial charge in [0.1, 0.15) is 42.2 Å². The van der Waals surface area contributed by atoms with Crippen LogP contribution in [-0.4, -0.2) is 142 Å². The van der Waals surface area contributed by atoms with Gasteiger partial charge in [-0.1, -0.05) is 59.1 Å². The largest absolute Gasteiger partial charge is 0.497 e. The number of hydrogen-bond acceptors (Lipinski definition) is 14. The molecule has 338 valence electrons. The molecule has 6 amide bonds. The zero-order chi connectivity index (χ0) is 45.6. The lowest BCUT2D eigenvalue weighted by molar-refractivity contribution is -0.298. The lowest BCUT2D eigenvalue weighted by atomic mass is 9.94. The lowest BCUT2D eigenvalue weighted by Crippen LogP contribution is -2.65. The van der Waals surface area contributed by atoms with Crippen LogP contribution in [0.5, 0.6) is 5.75 Å². The van der Waals surface area contributed by atoms with Gasteiger partial charge in [-0.3, -0.25) is 14.4 Å². The summed E-state index contributed by atoms with van der Waals surface area (Å²) in [6.07, 6.45) is -11.0. The lowest BCUT2D eigenvalue weighted by Gasteiger charge is -2.41. The van der Waals surface area contributed by atoms with Crippen LogP contribution in [0.15, 0.2) is 34.3 Å². The summed E-state index contributed by atoms with van der Waals surface area (Å²) < 4.78 is 21.2. The summed E-state index contributed by atoms with van der Waals surface area (Å²) in [7, 11) is 1.56. The van der Waals surface area contributed by atoms with Gasteiger partial charge >= 0.3 is 24.1 Å². The second-order valence-corrected chi connectivity index (χ2v) is 15.0. The van der Waals surface area contributed by atoms with Crippen molar-refractivity contribution in [2.45, 2.75) is 134 Å². The Hall–Kier alpha value is -5.55. The van der Waals surface area contributed by atoms with E-state index in [1.54, 1.807) is 34.8 Å². The number of carbonyl (C=O) groups is 7. The van der Waals surface area contributed by atoms with Gasteiger partial charge in [0.25, 0.3) is 0 Å². The third-order valence-corrected chi connectivity index (χ3v) is 10.5. The number of hydrogen-bond donors (Lipinski definition) is 9. The molecule has 2 aliphatic heterocycles. The molecule has 12 atom stereocenters. The van der Waals surface area contributed by atoms with E-state index in [0.29, 0.717) is 37.9 Å². The van der Waals surface area contributed by atoms with Gasteiger partial charge in [0.05, 0.1) is 19.0 Å². The fourth-order valence-corrected chi connectivity index (χ4v) is 6.57. The van der Waals surface area contributed by atoms with Gasteiger partial charge < -0.3 is 66.8 Å². The Balaban J connectivity index is 1.97. The number of carbonyl (C=O) groups excluding carboxylic acids is 5. The van der Waals surface area contributed by atoms with E-state index in [1.807, 2.05) is 24.3 Å². The Morgan fingerprint density at radius 1 is 0.885 bits per heavy atom. The van der Waals surface area contributed by atoms with Crippen LogP contribution in [0.1, 0.15) is 71.8 Å². The molecule has 1 saturated heterocycles. The van der Waals surface area contributed by atoms with Crippen LogP contribution in [-0.2, 0) is 44.6 Å². The first-order chi connectivity index (χ1) is 28.8. The van der Waals surface area contributed by atoms with Gasteiger partial charge in [-0.05, 0) is 48.8 Å². The van der Waals surface area contributed by atoms with Crippen molar-refractivity contribution < 1.29 is 72.9 Å². The van der Waals surface area contributed by atoms with Gasteiger partial charge in [0, 0.05) is 12.5 Å². The number of nitrogens with two attached hydrogens (primary N) is 2. The fourth-order valence-electron chi connectivity index (χ4n) is 6.57. The molecule has 22 heteroatoms. The van der Waals surface area contributed by atoms with Crippen molar-refractivity contribution >= 4 is 53.7 Å². The molecule has 0 aromatic heterocycles. The maximum absolute atomic E-state index is 14.5. The Labute approximate surface area is 351 Å². The molecule has 0 unspecified atom stereocenters. The first-order valence-corrected chi connectivity index (χ1v) is 19.9. The molecule has 22 nitrogen and oxygen atoms in total. The van der Waals surface area contributed by atoms with Gasteiger partial charge in [0.15, 0.2) is 18.5 Å². The third kappa shape index (κ3) is 14.3. The molecule has 1 fully saturated rings. The highest BCUT2D eigenvalue weighted by Crippen LogP contribution is 2.27. The van der Waals surface area contributed by atoms with E-state index in [-0.39, 0.29) is 18.9 Å². The summed E-state index contributed by atoms with van der Waals surface area (Å²) in [5.74, 6) is -6.28. The molecule has 0 aliphatic carbocycles. The number of carboxylic acids is 2. The fraction of sp³-hybridized carbons (Fsp3) is 0.615. The van der Waals surface area contributed by atoms with E-state index in [4.69, 9.17) is 30.4 Å². The topological polar surface area (TPSA) is 350 Å². The molecule has 1 aromatic carbocycles. The predicted molar refractivity (Wildman–Crippen MR) is 214 cm³/mol. The number of ether oxygens (including phenoxy) is 4. The smallest absolute Gasteiger partial charge is 0.404 e. The van der Waals surface area contributed by atoms with Crippen LogP contribution < -0.4 is 32.2 Å². The normalized spacial score (nSPS) is 23.2. The molecule has 61 heavy (non-hydrogen) atoms. The Bertz CT molecular complexity index is 1780. The summed E-state index contributed by atoms with van der Waals surface area (Å²) in [6, 6.07) is 1.39.